The lowest BCUT2D eigenvalue weighted by molar-refractivity contribution is 0.318. The van der Waals surface area contributed by atoms with E-state index in [2.05, 4.69) is 10.1 Å². The van der Waals surface area contributed by atoms with Gasteiger partial charge in [0.2, 0.25) is 5.95 Å². The number of imidazole rings is 1. The topological polar surface area (TPSA) is 85.7 Å². The minimum atomic E-state index is -0.00742. The Kier molecular flexibility index (Phi) is 4.14. The average molecular weight is 295 g/mol. The van der Waals surface area contributed by atoms with Crippen molar-refractivity contribution in [3.05, 3.63) is 34.6 Å². The molecule has 0 bridgehead atoms. The molecule has 0 unspecified atom stereocenters. The van der Waals surface area contributed by atoms with E-state index in [4.69, 9.17) is 22.1 Å². The summed E-state index contributed by atoms with van der Waals surface area (Å²) in [6.45, 7) is 4.10. The fraction of sp³-hybridized carbons (Fsp3) is 0.231. The number of aromatic hydroxyl groups is 1. The Balaban J connectivity index is 2.33. The number of phenolic OH excluding ortho intramolecular Hbond substituents is 1. The molecule has 7 heteroatoms. The molecule has 0 saturated carbocycles. The predicted molar refractivity (Wildman–Crippen MR) is 78.7 cm³/mol. The Hall–Kier alpha value is -2.21. The second-order valence-electron chi connectivity index (χ2n) is 4.10. The van der Waals surface area contributed by atoms with Gasteiger partial charge in [-0.25, -0.2) is 9.66 Å². The number of anilines is 1. The van der Waals surface area contributed by atoms with Crippen LogP contribution in [0.2, 0.25) is 5.02 Å². The summed E-state index contributed by atoms with van der Waals surface area (Å²) >= 11 is 6.05. The van der Waals surface area contributed by atoms with E-state index >= 15 is 0 Å². The van der Waals surface area contributed by atoms with E-state index in [1.807, 2.05) is 13.8 Å². The van der Waals surface area contributed by atoms with Gasteiger partial charge >= 0.3 is 0 Å². The van der Waals surface area contributed by atoms with Crippen LogP contribution in [-0.4, -0.2) is 27.6 Å². The maximum Gasteiger partial charge on any atom is 0.221 e. The molecule has 20 heavy (non-hydrogen) atoms. The number of nitrogens with two attached hydrogens (primary N) is 1. The van der Waals surface area contributed by atoms with Crippen molar-refractivity contribution in [1.82, 2.24) is 9.66 Å². The van der Waals surface area contributed by atoms with Gasteiger partial charge in [-0.15, -0.1) is 0 Å². The number of hydrogen-bond acceptors (Lipinski definition) is 5. The Morgan fingerprint density at radius 1 is 1.55 bits per heavy atom. The lowest BCUT2D eigenvalue weighted by atomic mass is 10.2. The van der Waals surface area contributed by atoms with Gasteiger partial charge in [0.15, 0.2) is 11.5 Å². The van der Waals surface area contributed by atoms with Crippen molar-refractivity contribution in [3.8, 4) is 11.5 Å². The number of ether oxygens (including phenoxy) is 1. The lowest BCUT2D eigenvalue weighted by Gasteiger charge is -2.07. The highest BCUT2D eigenvalue weighted by Gasteiger charge is 2.08. The quantitative estimate of drug-likeness (QED) is 0.848. The molecule has 2 rings (SSSR count). The summed E-state index contributed by atoms with van der Waals surface area (Å²) in [5.41, 5.74) is 7.07. The Morgan fingerprint density at radius 2 is 2.30 bits per heavy atom. The molecule has 0 amide bonds. The number of phenols is 1. The summed E-state index contributed by atoms with van der Waals surface area (Å²) in [4.78, 5) is 4.04. The number of aryl methyl sites for hydroxylation is 1. The van der Waals surface area contributed by atoms with Crippen LogP contribution in [0.5, 0.6) is 11.5 Å². The molecule has 0 aliphatic carbocycles. The normalized spacial score (nSPS) is 11.2. The first-order chi connectivity index (χ1) is 9.51. The minimum absolute atomic E-state index is 0.00742. The van der Waals surface area contributed by atoms with Crippen LogP contribution < -0.4 is 10.5 Å². The Labute approximate surface area is 121 Å². The molecule has 2 aromatic rings. The third-order valence-corrected chi connectivity index (χ3v) is 2.86. The second-order valence-corrected chi connectivity index (χ2v) is 4.51. The summed E-state index contributed by atoms with van der Waals surface area (Å²) in [7, 11) is 0. The third-order valence-electron chi connectivity index (χ3n) is 2.53. The summed E-state index contributed by atoms with van der Waals surface area (Å²) in [6, 6.07) is 3.03. The highest BCUT2D eigenvalue weighted by Crippen LogP contribution is 2.31. The molecule has 0 spiro atoms. The zero-order valence-electron chi connectivity index (χ0n) is 11.2. The van der Waals surface area contributed by atoms with Crippen LogP contribution in [0.15, 0.2) is 23.4 Å². The van der Waals surface area contributed by atoms with Crippen molar-refractivity contribution in [1.29, 1.82) is 0 Å². The van der Waals surface area contributed by atoms with Crippen molar-refractivity contribution in [2.75, 3.05) is 12.3 Å². The fourth-order valence-corrected chi connectivity index (χ4v) is 1.86. The molecule has 1 aromatic carbocycles. The number of nitrogens with zero attached hydrogens (tertiary/aromatic N) is 3. The van der Waals surface area contributed by atoms with Gasteiger partial charge in [0, 0.05) is 11.6 Å². The van der Waals surface area contributed by atoms with Crippen molar-refractivity contribution in [2.45, 2.75) is 13.8 Å². The van der Waals surface area contributed by atoms with Crippen LogP contribution in [0.1, 0.15) is 18.2 Å². The van der Waals surface area contributed by atoms with Gasteiger partial charge in [0.05, 0.1) is 29.7 Å². The molecule has 0 atom stereocenters. The van der Waals surface area contributed by atoms with E-state index in [0.29, 0.717) is 28.9 Å². The zero-order valence-corrected chi connectivity index (χ0v) is 11.9. The van der Waals surface area contributed by atoms with E-state index in [1.165, 1.54) is 17.0 Å². The van der Waals surface area contributed by atoms with Crippen LogP contribution in [0.25, 0.3) is 0 Å². The van der Waals surface area contributed by atoms with Crippen LogP contribution in [0.3, 0.4) is 0 Å². The zero-order chi connectivity index (χ0) is 14.7. The molecule has 1 aromatic heterocycles. The number of rotatable bonds is 4. The predicted octanol–water partition coefficient (Wildman–Crippen LogP) is 2.41. The van der Waals surface area contributed by atoms with Crippen LogP contribution in [-0.2, 0) is 0 Å². The van der Waals surface area contributed by atoms with Crippen LogP contribution in [0, 0.1) is 6.92 Å². The van der Waals surface area contributed by atoms with E-state index in [0.717, 1.165) is 5.69 Å². The van der Waals surface area contributed by atoms with Gasteiger partial charge in [0.25, 0.3) is 0 Å². The van der Waals surface area contributed by atoms with Crippen LogP contribution in [0.4, 0.5) is 5.95 Å². The third kappa shape index (κ3) is 3.03. The first-order valence-electron chi connectivity index (χ1n) is 6.02. The van der Waals surface area contributed by atoms with Crippen LogP contribution >= 0.6 is 11.6 Å². The highest BCUT2D eigenvalue weighted by atomic mass is 35.5. The monoisotopic (exact) mass is 294 g/mol. The van der Waals surface area contributed by atoms with Crippen molar-refractivity contribution in [2.24, 2.45) is 5.10 Å². The smallest absolute Gasteiger partial charge is 0.221 e. The fourth-order valence-electron chi connectivity index (χ4n) is 1.65. The standard InChI is InChI=1S/C13H15ClN4O2/c1-3-20-12-4-9(10(14)5-11(12)19)6-16-18-7-8(2)17-13(18)15/h4-7,19H,3H2,1-2H3,(H2,15,17). The summed E-state index contributed by atoms with van der Waals surface area (Å²) in [5, 5.41) is 14.2. The van der Waals surface area contributed by atoms with E-state index in [1.54, 1.807) is 12.3 Å². The van der Waals surface area contributed by atoms with Crippen molar-refractivity contribution < 1.29 is 9.84 Å². The minimum Gasteiger partial charge on any atom is -0.504 e. The molecule has 0 fully saturated rings. The second kappa shape index (κ2) is 5.83. The SMILES string of the molecule is CCOc1cc(C=Nn2cc(C)nc2N)c(Cl)cc1O. The summed E-state index contributed by atoms with van der Waals surface area (Å²) in [6.07, 6.45) is 3.23. The number of benzene rings is 1. The van der Waals surface area contributed by atoms with Gasteiger partial charge in [-0.2, -0.15) is 5.10 Å². The van der Waals surface area contributed by atoms with Gasteiger partial charge in [-0.05, 0) is 19.9 Å². The Bertz CT molecular complexity index is 652. The summed E-state index contributed by atoms with van der Waals surface area (Å²) < 4.78 is 6.74. The first kappa shape index (κ1) is 14.2. The van der Waals surface area contributed by atoms with E-state index in [-0.39, 0.29) is 5.75 Å². The first-order valence-corrected chi connectivity index (χ1v) is 6.40. The van der Waals surface area contributed by atoms with Gasteiger partial charge < -0.3 is 15.6 Å². The van der Waals surface area contributed by atoms with Gasteiger partial charge in [-0.3, -0.25) is 0 Å². The molecule has 1 heterocycles. The largest absolute Gasteiger partial charge is 0.504 e. The van der Waals surface area contributed by atoms with Crippen molar-refractivity contribution in [3.63, 3.8) is 0 Å². The molecule has 6 nitrogen and oxygen atoms in total. The number of hydrogen-bond donors (Lipinski definition) is 2. The molecule has 0 aliphatic heterocycles. The summed E-state index contributed by atoms with van der Waals surface area (Å²) in [5.74, 6) is 0.638. The van der Waals surface area contributed by atoms with Crippen molar-refractivity contribution >= 4 is 23.8 Å². The molecule has 0 radical (unpaired) electrons. The van der Waals surface area contributed by atoms with E-state index in [9.17, 15) is 5.11 Å². The molecule has 0 aliphatic rings. The molecular weight excluding hydrogens is 280 g/mol. The molecule has 0 saturated heterocycles. The maximum atomic E-state index is 9.69. The lowest BCUT2D eigenvalue weighted by Crippen LogP contribution is -1.98. The molecule has 106 valence electrons. The maximum absolute atomic E-state index is 9.69. The molecule has 3 N–H and O–H groups in total. The van der Waals surface area contributed by atoms with Gasteiger partial charge in [0.1, 0.15) is 0 Å². The van der Waals surface area contributed by atoms with Gasteiger partial charge in [-0.1, -0.05) is 11.6 Å². The molecular formula is C13H15ClN4O2. The number of halogens is 1. The number of aromatic nitrogens is 2. The van der Waals surface area contributed by atoms with E-state index < -0.39 is 0 Å². The highest BCUT2D eigenvalue weighted by molar-refractivity contribution is 6.33. The number of nitrogen functional groups attached to an aromatic ring is 1. The Morgan fingerprint density at radius 3 is 2.90 bits per heavy atom. The average Bonchev–Trinajstić information content (AvgIpc) is 2.70.